The predicted octanol–water partition coefficient (Wildman–Crippen LogP) is 2.79. The third-order valence-electron chi connectivity index (χ3n) is 3.28. The topological polar surface area (TPSA) is 38.1 Å². The van der Waals surface area contributed by atoms with E-state index in [4.69, 9.17) is 0 Å². The minimum Gasteiger partial charge on any atom is -0.378 e. The quantitative estimate of drug-likeness (QED) is 0.715. The van der Waals surface area contributed by atoms with E-state index in [1.165, 1.54) is 0 Å². The van der Waals surface area contributed by atoms with Gasteiger partial charge in [0.25, 0.3) is 5.91 Å². The lowest BCUT2D eigenvalue weighted by Gasteiger charge is -2.13. The summed E-state index contributed by atoms with van der Waals surface area (Å²) in [5.41, 5.74) is 3.30. The van der Waals surface area contributed by atoms with Crippen LogP contribution in [0.1, 0.15) is 10.4 Å². The summed E-state index contributed by atoms with van der Waals surface area (Å²) in [4.78, 5) is 18.8. The van der Waals surface area contributed by atoms with Gasteiger partial charge in [-0.25, -0.2) is 4.98 Å². The fourth-order valence-corrected chi connectivity index (χ4v) is 2.18. The number of carbonyl (C=O) groups is 1. The van der Waals surface area contributed by atoms with E-state index in [1.807, 2.05) is 67.5 Å². The van der Waals surface area contributed by atoms with Crippen molar-refractivity contribution in [1.29, 1.82) is 0 Å². The molecule has 0 spiro atoms. The summed E-state index contributed by atoms with van der Waals surface area (Å²) < 4.78 is 1.59. The molecule has 0 aliphatic heterocycles. The van der Waals surface area contributed by atoms with Gasteiger partial charge >= 0.3 is 0 Å². The first-order chi connectivity index (χ1) is 9.66. The average molecular weight is 265 g/mol. The first kappa shape index (κ1) is 12.4. The minimum atomic E-state index is -0.0672. The Kier molecular flexibility index (Phi) is 2.99. The highest BCUT2D eigenvalue weighted by atomic mass is 16.2. The van der Waals surface area contributed by atoms with Crippen molar-refractivity contribution in [3.05, 3.63) is 60.4 Å². The molecule has 0 N–H and O–H groups in total. The van der Waals surface area contributed by atoms with E-state index >= 15 is 0 Å². The van der Waals surface area contributed by atoms with E-state index in [-0.39, 0.29) is 5.91 Å². The lowest BCUT2D eigenvalue weighted by atomic mass is 10.1. The smallest absolute Gasteiger partial charge is 0.263 e. The molecule has 4 heteroatoms. The van der Waals surface area contributed by atoms with E-state index in [1.54, 1.807) is 10.9 Å². The van der Waals surface area contributed by atoms with Crippen LogP contribution < -0.4 is 4.90 Å². The van der Waals surface area contributed by atoms with Crippen LogP contribution >= 0.6 is 0 Å². The molecule has 0 saturated carbocycles. The van der Waals surface area contributed by atoms with E-state index in [2.05, 4.69) is 4.98 Å². The van der Waals surface area contributed by atoms with Crippen LogP contribution in [0, 0.1) is 0 Å². The Morgan fingerprint density at radius 1 is 1.10 bits per heavy atom. The van der Waals surface area contributed by atoms with Crippen molar-refractivity contribution in [3.8, 4) is 0 Å². The third-order valence-corrected chi connectivity index (χ3v) is 3.28. The average Bonchev–Trinajstić information content (AvgIpc) is 2.90. The van der Waals surface area contributed by atoms with Crippen molar-refractivity contribution >= 4 is 22.6 Å². The molecule has 1 aromatic heterocycles. The van der Waals surface area contributed by atoms with Gasteiger partial charge in [0.15, 0.2) is 0 Å². The van der Waals surface area contributed by atoms with Crippen LogP contribution in [0.3, 0.4) is 0 Å². The van der Waals surface area contributed by atoms with Gasteiger partial charge < -0.3 is 4.90 Å². The maximum atomic E-state index is 12.6. The Bertz CT molecular complexity index is 774. The number of hydrogen-bond donors (Lipinski definition) is 0. The molecule has 100 valence electrons. The molecule has 0 aliphatic carbocycles. The lowest BCUT2D eigenvalue weighted by Crippen LogP contribution is -2.13. The highest BCUT2D eigenvalue weighted by Crippen LogP contribution is 2.17. The molecule has 0 aliphatic rings. The van der Waals surface area contributed by atoms with Crippen molar-refractivity contribution in [1.82, 2.24) is 9.55 Å². The van der Waals surface area contributed by atoms with Crippen LogP contribution in [-0.4, -0.2) is 29.6 Å². The number of aromatic nitrogens is 2. The number of imidazole rings is 1. The van der Waals surface area contributed by atoms with Crippen molar-refractivity contribution < 1.29 is 4.79 Å². The van der Waals surface area contributed by atoms with Crippen LogP contribution in [0.15, 0.2) is 54.9 Å². The maximum absolute atomic E-state index is 12.6. The summed E-state index contributed by atoms with van der Waals surface area (Å²) in [7, 11) is 3.91. The number of anilines is 1. The standard InChI is InChI=1S/C16H15N3O/c1-18(2)13-7-5-6-12(10-13)16(20)19-11-17-14-8-3-4-9-15(14)19/h3-11H,1-2H3. The fourth-order valence-electron chi connectivity index (χ4n) is 2.18. The SMILES string of the molecule is CN(C)c1cccc(C(=O)n2cnc3ccccc32)c1. The molecule has 2 aromatic carbocycles. The Labute approximate surface area is 117 Å². The zero-order valence-electron chi connectivity index (χ0n) is 11.4. The molecule has 0 atom stereocenters. The largest absolute Gasteiger partial charge is 0.378 e. The molecule has 4 nitrogen and oxygen atoms in total. The van der Waals surface area contributed by atoms with E-state index in [9.17, 15) is 4.79 Å². The third kappa shape index (κ3) is 2.05. The van der Waals surface area contributed by atoms with Gasteiger partial charge in [-0.1, -0.05) is 18.2 Å². The number of rotatable bonds is 2. The first-order valence-electron chi connectivity index (χ1n) is 6.41. The zero-order chi connectivity index (χ0) is 14.1. The van der Waals surface area contributed by atoms with Crippen LogP contribution in [0.25, 0.3) is 11.0 Å². The molecule has 20 heavy (non-hydrogen) atoms. The lowest BCUT2D eigenvalue weighted by molar-refractivity contribution is 0.0964. The highest BCUT2D eigenvalue weighted by Gasteiger charge is 2.12. The predicted molar refractivity (Wildman–Crippen MR) is 80.2 cm³/mol. The second-order valence-corrected chi connectivity index (χ2v) is 4.85. The molecule has 1 heterocycles. The highest BCUT2D eigenvalue weighted by molar-refractivity contribution is 6.01. The van der Waals surface area contributed by atoms with Crippen LogP contribution in [-0.2, 0) is 0 Å². The van der Waals surface area contributed by atoms with Gasteiger partial charge in [0, 0.05) is 25.3 Å². The zero-order valence-corrected chi connectivity index (χ0v) is 11.4. The van der Waals surface area contributed by atoms with Gasteiger partial charge in [-0.3, -0.25) is 9.36 Å². The van der Waals surface area contributed by atoms with Crippen LogP contribution in [0.4, 0.5) is 5.69 Å². The molecular formula is C16H15N3O. The van der Waals surface area contributed by atoms with Crippen molar-refractivity contribution in [2.45, 2.75) is 0 Å². The summed E-state index contributed by atoms with van der Waals surface area (Å²) in [6, 6.07) is 15.2. The van der Waals surface area contributed by atoms with Gasteiger partial charge in [-0.2, -0.15) is 0 Å². The van der Waals surface area contributed by atoms with Crippen molar-refractivity contribution in [2.24, 2.45) is 0 Å². The van der Waals surface area contributed by atoms with E-state index < -0.39 is 0 Å². The number of para-hydroxylation sites is 2. The minimum absolute atomic E-state index is 0.0672. The molecule has 0 amide bonds. The Hall–Kier alpha value is -2.62. The second kappa shape index (κ2) is 4.81. The summed E-state index contributed by atoms with van der Waals surface area (Å²) in [6.45, 7) is 0. The second-order valence-electron chi connectivity index (χ2n) is 4.85. The number of nitrogens with zero attached hydrogens (tertiary/aromatic N) is 3. The summed E-state index contributed by atoms with van der Waals surface area (Å²) in [5, 5.41) is 0. The normalized spacial score (nSPS) is 10.7. The molecule has 0 unspecified atom stereocenters. The molecule has 3 rings (SSSR count). The Balaban J connectivity index is 2.06. The maximum Gasteiger partial charge on any atom is 0.263 e. The number of fused-ring (bicyclic) bond motifs is 1. The Morgan fingerprint density at radius 2 is 1.90 bits per heavy atom. The van der Waals surface area contributed by atoms with Gasteiger partial charge in [-0.15, -0.1) is 0 Å². The number of benzene rings is 2. The van der Waals surface area contributed by atoms with Gasteiger partial charge in [0.1, 0.15) is 6.33 Å². The molecule has 0 bridgehead atoms. The number of carbonyl (C=O) groups excluding carboxylic acids is 1. The van der Waals surface area contributed by atoms with Crippen LogP contribution in [0.2, 0.25) is 0 Å². The molecule has 0 radical (unpaired) electrons. The molecule has 0 fully saturated rings. The summed E-state index contributed by atoms with van der Waals surface area (Å²) in [6.07, 6.45) is 1.58. The van der Waals surface area contributed by atoms with Gasteiger partial charge in [0.2, 0.25) is 0 Å². The summed E-state index contributed by atoms with van der Waals surface area (Å²) in [5.74, 6) is -0.0672. The van der Waals surface area contributed by atoms with E-state index in [0.717, 1.165) is 16.7 Å². The molecule has 0 saturated heterocycles. The van der Waals surface area contributed by atoms with Gasteiger partial charge in [0.05, 0.1) is 11.0 Å². The fraction of sp³-hybridized carbons (Fsp3) is 0.125. The van der Waals surface area contributed by atoms with E-state index in [0.29, 0.717) is 5.56 Å². The first-order valence-corrected chi connectivity index (χ1v) is 6.41. The van der Waals surface area contributed by atoms with Crippen LogP contribution in [0.5, 0.6) is 0 Å². The molecular weight excluding hydrogens is 250 g/mol. The van der Waals surface area contributed by atoms with Gasteiger partial charge in [-0.05, 0) is 30.3 Å². The monoisotopic (exact) mass is 265 g/mol. The van der Waals surface area contributed by atoms with Crippen molar-refractivity contribution in [3.63, 3.8) is 0 Å². The van der Waals surface area contributed by atoms with Crippen molar-refractivity contribution in [2.75, 3.05) is 19.0 Å². The molecule has 3 aromatic rings. The summed E-state index contributed by atoms with van der Waals surface area (Å²) >= 11 is 0. The number of hydrogen-bond acceptors (Lipinski definition) is 3. The Morgan fingerprint density at radius 3 is 2.70 bits per heavy atom.